The Balaban J connectivity index is 1.75. The average molecular weight is 517 g/mol. The number of halogens is 3. The van der Waals surface area contributed by atoms with Gasteiger partial charge in [0.05, 0.1) is 17.0 Å². The van der Waals surface area contributed by atoms with Gasteiger partial charge < -0.3 is 16.0 Å². The van der Waals surface area contributed by atoms with Crippen LogP contribution in [0.15, 0.2) is 35.4 Å². The Labute approximate surface area is 212 Å². The number of alkyl halides is 3. The Hall–Kier alpha value is -3.63. The summed E-state index contributed by atoms with van der Waals surface area (Å²) in [5.74, 6) is 0.412. The number of benzene rings is 1. The Bertz CT molecular complexity index is 1360. The minimum atomic E-state index is -4.52. The van der Waals surface area contributed by atoms with Crippen LogP contribution in [0.5, 0.6) is 0 Å². The van der Waals surface area contributed by atoms with Gasteiger partial charge in [-0.3, -0.25) is 14.2 Å². The molecule has 11 heteroatoms. The van der Waals surface area contributed by atoms with Crippen LogP contribution >= 0.6 is 0 Å². The number of nitrogens with zero attached hydrogens (tertiary/aromatic N) is 4. The van der Waals surface area contributed by atoms with Gasteiger partial charge in [-0.1, -0.05) is 6.92 Å². The number of likely N-dealkylation sites (tertiary alicyclic amines) is 1. The highest BCUT2D eigenvalue weighted by Crippen LogP contribution is 2.34. The number of nitrogen functional groups attached to an aromatic ring is 1. The second-order valence-corrected chi connectivity index (χ2v) is 9.55. The van der Waals surface area contributed by atoms with Gasteiger partial charge in [-0.05, 0) is 61.9 Å². The molecular formula is C26H31F3N6O2. The zero-order valence-electron chi connectivity index (χ0n) is 21.1. The number of hydrogen-bond donors (Lipinski definition) is 2. The van der Waals surface area contributed by atoms with Gasteiger partial charge in [0.1, 0.15) is 17.8 Å². The third-order valence-electron chi connectivity index (χ3n) is 6.90. The predicted octanol–water partition coefficient (Wildman–Crippen LogP) is 4.70. The van der Waals surface area contributed by atoms with Gasteiger partial charge in [-0.15, -0.1) is 0 Å². The van der Waals surface area contributed by atoms with Crippen molar-refractivity contribution in [1.29, 1.82) is 0 Å². The summed E-state index contributed by atoms with van der Waals surface area (Å²) in [4.78, 5) is 35.8. The molecule has 0 spiro atoms. The average Bonchev–Trinajstić information content (AvgIpc) is 2.85. The first-order valence-electron chi connectivity index (χ1n) is 12.4. The van der Waals surface area contributed by atoms with Crippen molar-refractivity contribution in [3.8, 4) is 0 Å². The van der Waals surface area contributed by atoms with Gasteiger partial charge in [0.15, 0.2) is 0 Å². The molecule has 1 atom stereocenters. The quantitative estimate of drug-likeness (QED) is 0.460. The number of carbonyl (C=O) groups excluding carboxylic acids is 1. The fraction of sp³-hybridized carbons (Fsp3) is 0.462. The van der Waals surface area contributed by atoms with Crippen LogP contribution < -0.4 is 16.6 Å². The molecule has 3 N–H and O–H groups in total. The number of amides is 1. The first kappa shape index (κ1) is 26.4. The van der Waals surface area contributed by atoms with Crippen LogP contribution in [0.1, 0.15) is 68.7 Å². The van der Waals surface area contributed by atoms with E-state index in [1.54, 1.807) is 29.4 Å². The normalized spacial score (nSPS) is 15.7. The van der Waals surface area contributed by atoms with Gasteiger partial charge in [-0.2, -0.15) is 13.2 Å². The van der Waals surface area contributed by atoms with Crippen molar-refractivity contribution in [3.63, 3.8) is 0 Å². The molecule has 8 nitrogen and oxygen atoms in total. The summed E-state index contributed by atoms with van der Waals surface area (Å²) in [7, 11) is 0. The molecule has 37 heavy (non-hydrogen) atoms. The first-order valence-corrected chi connectivity index (χ1v) is 12.4. The van der Waals surface area contributed by atoms with Crippen molar-refractivity contribution in [2.24, 2.45) is 0 Å². The molecular weight excluding hydrogens is 485 g/mol. The standard InChI is InChI=1S/C26H31F3N6O2/c1-4-7-35-24-22(13-21(25(35)37)17-5-8-34(9-6-17)16(3)36)23(31-14-32-24)33-15(2)18-10-19(26(27,28)29)12-20(30)11-18/h10-15,17H,4-9,30H2,1-3H3,(H,31,32,33)/t15-/m1/s1. The summed E-state index contributed by atoms with van der Waals surface area (Å²) in [6.45, 7) is 6.86. The van der Waals surface area contributed by atoms with Crippen LogP contribution in [0, 0.1) is 0 Å². The highest BCUT2D eigenvalue weighted by Gasteiger charge is 2.31. The zero-order chi connectivity index (χ0) is 26.9. The molecule has 0 bridgehead atoms. The third kappa shape index (κ3) is 5.55. The molecule has 1 aliphatic rings. The minimum Gasteiger partial charge on any atom is -0.399 e. The monoisotopic (exact) mass is 516 g/mol. The van der Waals surface area contributed by atoms with Crippen molar-refractivity contribution in [3.05, 3.63) is 57.6 Å². The minimum absolute atomic E-state index is 0.0157. The number of hydrogen-bond acceptors (Lipinski definition) is 6. The molecule has 0 radical (unpaired) electrons. The summed E-state index contributed by atoms with van der Waals surface area (Å²) in [5.41, 5.74) is 6.31. The van der Waals surface area contributed by atoms with Crippen molar-refractivity contribution in [2.75, 3.05) is 24.1 Å². The second kappa shape index (κ2) is 10.4. The van der Waals surface area contributed by atoms with Crippen molar-refractivity contribution >= 4 is 28.4 Å². The van der Waals surface area contributed by atoms with Crippen molar-refractivity contribution in [2.45, 2.75) is 64.7 Å². The van der Waals surface area contributed by atoms with Gasteiger partial charge in [-0.25, -0.2) is 9.97 Å². The lowest BCUT2D eigenvalue weighted by Gasteiger charge is -2.31. The van der Waals surface area contributed by atoms with Crippen LogP contribution in [0.25, 0.3) is 11.0 Å². The summed E-state index contributed by atoms with van der Waals surface area (Å²) in [5, 5.41) is 3.82. The number of carbonyl (C=O) groups is 1. The molecule has 3 aromatic rings. The molecule has 2 aromatic heterocycles. The molecule has 1 fully saturated rings. The summed E-state index contributed by atoms with van der Waals surface area (Å²) in [6, 6.07) is 4.71. The Morgan fingerprint density at radius 2 is 1.89 bits per heavy atom. The SMILES string of the molecule is CCCn1c(=O)c(C2CCN(C(C)=O)CC2)cc2c(N[C@H](C)c3cc(N)cc(C(F)(F)F)c3)ncnc21. The number of fused-ring (bicyclic) bond motifs is 1. The highest BCUT2D eigenvalue weighted by atomic mass is 19.4. The number of piperidine rings is 1. The molecule has 0 saturated carbocycles. The lowest BCUT2D eigenvalue weighted by atomic mass is 9.89. The molecule has 4 rings (SSSR count). The van der Waals surface area contributed by atoms with Gasteiger partial charge in [0, 0.05) is 37.8 Å². The van der Waals surface area contributed by atoms with E-state index in [0.717, 1.165) is 12.1 Å². The van der Waals surface area contributed by atoms with E-state index in [2.05, 4.69) is 15.3 Å². The van der Waals surface area contributed by atoms with E-state index in [1.165, 1.54) is 12.4 Å². The van der Waals surface area contributed by atoms with Crippen LogP contribution in [0.4, 0.5) is 24.7 Å². The molecule has 1 aliphatic heterocycles. The van der Waals surface area contributed by atoms with E-state index >= 15 is 0 Å². The molecule has 0 aliphatic carbocycles. The lowest BCUT2D eigenvalue weighted by Crippen LogP contribution is -2.38. The Morgan fingerprint density at radius 1 is 1.19 bits per heavy atom. The number of rotatable bonds is 6. The maximum atomic E-state index is 13.5. The van der Waals surface area contributed by atoms with E-state index in [0.29, 0.717) is 66.9 Å². The lowest BCUT2D eigenvalue weighted by molar-refractivity contribution is -0.137. The van der Waals surface area contributed by atoms with Gasteiger partial charge in [0.2, 0.25) is 5.91 Å². The molecule has 0 unspecified atom stereocenters. The number of nitrogens with one attached hydrogen (secondary N) is 1. The Morgan fingerprint density at radius 3 is 2.51 bits per heavy atom. The smallest absolute Gasteiger partial charge is 0.399 e. The summed E-state index contributed by atoms with van der Waals surface area (Å²) in [6.07, 6.45) is -1.12. The molecule has 1 aromatic carbocycles. The fourth-order valence-electron chi connectivity index (χ4n) is 4.93. The van der Waals surface area contributed by atoms with Crippen LogP contribution in [0.3, 0.4) is 0 Å². The number of anilines is 2. The van der Waals surface area contributed by atoms with E-state index in [1.807, 2.05) is 6.92 Å². The van der Waals surface area contributed by atoms with E-state index in [4.69, 9.17) is 5.73 Å². The largest absolute Gasteiger partial charge is 0.416 e. The van der Waals surface area contributed by atoms with Crippen LogP contribution in [-0.4, -0.2) is 38.4 Å². The van der Waals surface area contributed by atoms with Crippen molar-refractivity contribution < 1.29 is 18.0 Å². The van der Waals surface area contributed by atoms with E-state index < -0.39 is 17.8 Å². The van der Waals surface area contributed by atoms with Crippen molar-refractivity contribution in [1.82, 2.24) is 19.4 Å². The van der Waals surface area contributed by atoms with Crippen LogP contribution in [0.2, 0.25) is 0 Å². The highest BCUT2D eigenvalue weighted by molar-refractivity contribution is 5.87. The molecule has 1 saturated heterocycles. The van der Waals surface area contributed by atoms with E-state index in [-0.39, 0.29) is 23.1 Å². The van der Waals surface area contributed by atoms with Gasteiger partial charge >= 0.3 is 6.18 Å². The summed E-state index contributed by atoms with van der Waals surface area (Å²) >= 11 is 0. The van der Waals surface area contributed by atoms with Gasteiger partial charge in [0.25, 0.3) is 5.56 Å². The Kier molecular flexibility index (Phi) is 7.42. The second-order valence-electron chi connectivity index (χ2n) is 9.55. The molecule has 3 heterocycles. The molecule has 1 amide bonds. The fourth-order valence-corrected chi connectivity index (χ4v) is 4.93. The number of aryl methyl sites for hydroxylation is 1. The van der Waals surface area contributed by atoms with E-state index in [9.17, 15) is 22.8 Å². The maximum absolute atomic E-state index is 13.5. The molecule has 198 valence electrons. The maximum Gasteiger partial charge on any atom is 0.416 e. The zero-order valence-corrected chi connectivity index (χ0v) is 21.1. The number of aromatic nitrogens is 3. The predicted molar refractivity (Wildman–Crippen MR) is 136 cm³/mol. The van der Waals surface area contributed by atoms with Crippen LogP contribution in [-0.2, 0) is 17.5 Å². The first-order chi connectivity index (χ1) is 17.5. The topological polar surface area (TPSA) is 106 Å². The number of pyridine rings is 1. The summed E-state index contributed by atoms with van der Waals surface area (Å²) < 4.78 is 41.7. The third-order valence-corrected chi connectivity index (χ3v) is 6.90. The number of nitrogens with two attached hydrogens (primary N) is 1.